The number of nitrogen functional groups attached to an aromatic ring is 1. The average molecular weight is 408 g/mol. The highest BCUT2D eigenvalue weighted by molar-refractivity contribution is 6.27. The summed E-state index contributed by atoms with van der Waals surface area (Å²) in [5.74, 6) is -0.654. The number of nitrogens with one attached hydrogen (secondary N) is 1. The predicted octanol–water partition coefficient (Wildman–Crippen LogP) is 2.83. The van der Waals surface area contributed by atoms with Crippen LogP contribution < -0.4 is 15.5 Å². The SMILES string of the molecule is CC(C)OC(=O)CCc1ccc(N2C(=O)CN(c3ccc(C(=N)N)cc3)C2=O)cc1. The van der Waals surface area contributed by atoms with Gasteiger partial charge in [0.05, 0.1) is 11.8 Å². The number of ether oxygens (including phenoxy) is 1. The van der Waals surface area contributed by atoms with Gasteiger partial charge in [-0.25, -0.2) is 9.69 Å². The standard InChI is InChI=1S/C22H24N4O4/c1-14(2)30-20(28)12-5-15-3-8-18(9-4-15)26-19(27)13-25(22(26)29)17-10-6-16(7-11-17)21(23)24/h3-4,6-11,14H,5,12-13H2,1-2H3,(H3,23,24). The van der Waals surface area contributed by atoms with E-state index in [1.54, 1.807) is 62.4 Å². The molecule has 0 bridgehead atoms. The highest BCUT2D eigenvalue weighted by Gasteiger charge is 2.37. The Labute approximate surface area is 174 Å². The number of aryl methyl sites for hydroxylation is 1. The smallest absolute Gasteiger partial charge is 0.336 e. The largest absolute Gasteiger partial charge is 0.463 e. The topological polar surface area (TPSA) is 117 Å². The van der Waals surface area contributed by atoms with Crippen molar-refractivity contribution in [2.75, 3.05) is 16.3 Å². The van der Waals surface area contributed by atoms with Gasteiger partial charge in [0.2, 0.25) is 0 Å². The Morgan fingerprint density at radius 2 is 1.67 bits per heavy atom. The number of nitrogens with zero attached hydrogens (tertiary/aromatic N) is 2. The van der Waals surface area contributed by atoms with Crippen molar-refractivity contribution in [3.63, 3.8) is 0 Å². The van der Waals surface area contributed by atoms with Crippen LogP contribution >= 0.6 is 0 Å². The lowest BCUT2D eigenvalue weighted by molar-refractivity contribution is -0.147. The number of hydrogen-bond acceptors (Lipinski definition) is 5. The van der Waals surface area contributed by atoms with Crippen LogP contribution in [0, 0.1) is 5.41 Å². The third kappa shape index (κ3) is 4.65. The van der Waals surface area contributed by atoms with E-state index < -0.39 is 6.03 Å². The molecular formula is C22H24N4O4. The summed E-state index contributed by atoms with van der Waals surface area (Å²) in [6, 6.07) is 13.1. The number of amides is 3. The van der Waals surface area contributed by atoms with Crippen molar-refractivity contribution in [1.29, 1.82) is 5.41 Å². The summed E-state index contributed by atoms with van der Waals surface area (Å²) >= 11 is 0. The third-order valence-electron chi connectivity index (χ3n) is 4.63. The van der Waals surface area contributed by atoms with Gasteiger partial charge in [-0.05, 0) is 62.2 Å². The molecule has 0 saturated carbocycles. The molecule has 2 aromatic carbocycles. The van der Waals surface area contributed by atoms with Crippen molar-refractivity contribution >= 4 is 35.1 Å². The van der Waals surface area contributed by atoms with Crippen LogP contribution in [0.2, 0.25) is 0 Å². The molecule has 1 fully saturated rings. The lowest BCUT2D eigenvalue weighted by Gasteiger charge is -2.17. The van der Waals surface area contributed by atoms with Gasteiger partial charge in [-0.3, -0.25) is 19.9 Å². The Kier molecular flexibility index (Phi) is 6.15. The maximum atomic E-state index is 12.8. The number of amidine groups is 1. The molecule has 2 aromatic rings. The minimum absolute atomic E-state index is 0.0652. The fourth-order valence-electron chi connectivity index (χ4n) is 3.16. The molecular weight excluding hydrogens is 384 g/mol. The molecule has 30 heavy (non-hydrogen) atoms. The molecule has 8 heteroatoms. The second-order valence-corrected chi connectivity index (χ2v) is 7.26. The zero-order chi connectivity index (χ0) is 21.8. The molecule has 3 rings (SSSR count). The van der Waals surface area contributed by atoms with Gasteiger partial charge in [0, 0.05) is 17.7 Å². The predicted molar refractivity (Wildman–Crippen MR) is 114 cm³/mol. The number of esters is 1. The van der Waals surface area contributed by atoms with Gasteiger partial charge in [-0.1, -0.05) is 12.1 Å². The lowest BCUT2D eigenvalue weighted by atomic mass is 10.1. The quantitative estimate of drug-likeness (QED) is 0.316. The maximum Gasteiger partial charge on any atom is 0.336 e. The summed E-state index contributed by atoms with van der Waals surface area (Å²) in [6.07, 6.45) is 0.638. The summed E-state index contributed by atoms with van der Waals surface area (Å²) in [6.45, 7) is 3.54. The van der Waals surface area contributed by atoms with Crippen LogP contribution in [0.4, 0.5) is 16.2 Å². The monoisotopic (exact) mass is 408 g/mol. The van der Waals surface area contributed by atoms with Gasteiger partial charge in [-0.15, -0.1) is 0 Å². The van der Waals surface area contributed by atoms with Crippen molar-refractivity contribution in [3.8, 4) is 0 Å². The number of benzene rings is 2. The fraction of sp³-hybridized carbons (Fsp3) is 0.273. The highest BCUT2D eigenvalue weighted by atomic mass is 16.5. The maximum absolute atomic E-state index is 12.8. The molecule has 1 aliphatic heterocycles. The van der Waals surface area contributed by atoms with Crippen LogP contribution in [0.1, 0.15) is 31.4 Å². The van der Waals surface area contributed by atoms with Crippen LogP contribution in [0.5, 0.6) is 0 Å². The zero-order valence-electron chi connectivity index (χ0n) is 16.9. The van der Waals surface area contributed by atoms with Gasteiger partial charge in [0.25, 0.3) is 5.91 Å². The van der Waals surface area contributed by atoms with E-state index in [0.29, 0.717) is 23.4 Å². The summed E-state index contributed by atoms with van der Waals surface area (Å²) < 4.78 is 5.12. The van der Waals surface area contributed by atoms with Crippen LogP contribution in [0.3, 0.4) is 0 Å². The third-order valence-corrected chi connectivity index (χ3v) is 4.63. The van der Waals surface area contributed by atoms with E-state index >= 15 is 0 Å². The van der Waals surface area contributed by atoms with Gasteiger partial charge in [-0.2, -0.15) is 0 Å². The molecule has 0 atom stereocenters. The molecule has 1 aliphatic rings. The van der Waals surface area contributed by atoms with Crippen molar-refractivity contribution in [2.24, 2.45) is 5.73 Å². The highest BCUT2D eigenvalue weighted by Crippen LogP contribution is 2.26. The van der Waals surface area contributed by atoms with E-state index in [1.165, 1.54) is 4.90 Å². The number of rotatable bonds is 7. The Hall–Kier alpha value is -3.68. The van der Waals surface area contributed by atoms with Gasteiger partial charge < -0.3 is 10.5 Å². The summed E-state index contributed by atoms with van der Waals surface area (Å²) in [4.78, 5) is 39.5. The van der Waals surface area contributed by atoms with Crippen molar-refractivity contribution in [2.45, 2.75) is 32.8 Å². The van der Waals surface area contributed by atoms with Crippen LogP contribution in [-0.2, 0) is 20.7 Å². The Morgan fingerprint density at radius 3 is 2.23 bits per heavy atom. The second-order valence-electron chi connectivity index (χ2n) is 7.26. The van der Waals surface area contributed by atoms with Crippen molar-refractivity contribution in [3.05, 3.63) is 59.7 Å². The van der Waals surface area contributed by atoms with E-state index in [0.717, 1.165) is 10.5 Å². The minimum Gasteiger partial charge on any atom is -0.463 e. The number of hydrogen-bond donors (Lipinski definition) is 2. The number of nitrogens with two attached hydrogens (primary N) is 1. The molecule has 0 spiro atoms. The van der Waals surface area contributed by atoms with E-state index in [2.05, 4.69) is 0 Å². The Morgan fingerprint density at radius 1 is 1.07 bits per heavy atom. The van der Waals surface area contributed by atoms with Gasteiger partial charge >= 0.3 is 12.0 Å². The van der Waals surface area contributed by atoms with Crippen LogP contribution in [-0.4, -0.2) is 36.4 Å². The van der Waals surface area contributed by atoms with Crippen molar-refractivity contribution in [1.82, 2.24) is 0 Å². The van der Waals surface area contributed by atoms with E-state index in [-0.39, 0.29) is 36.8 Å². The number of carbonyl (C=O) groups is 3. The van der Waals surface area contributed by atoms with E-state index in [9.17, 15) is 14.4 Å². The van der Waals surface area contributed by atoms with E-state index in [1.807, 2.05) is 0 Å². The number of urea groups is 1. The van der Waals surface area contributed by atoms with Crippen LogP contribution in [0.15, 0.2) is 48.5 Å². The number of imide groups is 1. The first kappa shape index (κ1) is 21.0. The van der Waals surface area contributed by atoms with E-state index in [4.69, 9.17) is 15.9 Å². The first-order valence-electron chi connectivity index (χ1n) is 9.63. The zero-order valence-corrected chi connectivity index (χ0v) is 16.9. The Balaban J connectivity index is 1.68. The van der Waals surface area contributed by atoms with Gasteiger partial charge in [0.1, 0.15) is 12.4 Å². The molecule has 0 radical (unpaired) electrons. The number of carbonyl (C=O) groups excluding carboxylic acids is 3. The molecule has 1 heterocycles. The molecule has 3 N–H and O–H groups in total. The average Bonchev–Trinajstić information content (AvgIpc) is 3.00. The van der Waals surface area contributed by atoms with Crippen molar-refractivity contribution < 1.29 is 19.1 Å². The lowest BCUT2D eigenvalue weighted by Crippen LogP contribution is -2.33. The molecule has 8 nitrogen and oxygen atoms in total. The first-order chi connectivity index (χ1) is 14.3. The second kappa shape index (κ2) is 8.77. The summed E-state index contributed by atoms with van der Waals surface area (Å²) in [5.41, 5.74) is 7.94. The molecule has 3 amide bonds. The summed E-state index contributed by atoms with van der Waals surface area (Å²) in [7, 11) is 0. The molecule has 0 unspecified atom stereocenters. The van der Waals surface area contributed by atoms with Crippen LogP contribution in [0.25, 0.3) is 0 Å². The minimum atomic E-state index is -0.441. The Bertz CT molecular complexity index is 968. The molecule has 0 aromatic heterocycles. The summed E-state index contributed by atoms with van der Waals surface area (Å²) in [5, 5.41) is 7.44. The first-order valence-corrected chi connectivity index (χ1v) is 9.63. The molecule has 1 saturated heterocycles. The van der Waals surface area contributed by atoms with Gasteiger partial charge in [0.15, 0.2) is 0 Å². The fourth-order valence-corrected chi connectivity index (χ4v) is 3.16. The molecule has 0 aliphatic carbocycles. The number of anilines is 2. The normalized spacial score (nSPS) is 13.8. The molecule has 156 valence electrons.